The van der Waals surface area contributed by atoms with E-state index in [1.54, 1.807) is 0 Å². The van der Waals surface area contributed by atoms with Crippen molar-refractivity contribution in [2.24, 2.45) is 0 Å². The first-order chi connectivity index (χ1) is 8.23. The smallest absolute Gasteiger partial charge is 0.389 e. The normalized spacial score (nSPS) is 21.0. The fraction of sp³-hybridized carbons (Fsp3) is 1.00. The molecule has 1 rings (SSSR count). The number of aliphatic hydroxyl groups is 1. The van der Waals surface area contributed by atoms with Crippen LogP contribution in [-0.2, 0) is 0 Å². The second-order valence-electron chi connectivity index (χ2n) is 5.72. The van der Waals surface area contributed by atoms with E-state index in [2.05, 4.69) is 4.90 Å². The van der Waals surface area contributed by atoms with Crippen LogP contribution in [0.3, 0.4) is 0 Å². The summed E-state index contributed by atoms with van der Waals surface area (Å²) in [5.74, 6) is 0. The second kappa shape index (κ2) is 6.24. The molecule has 5 heteroatoms. The van der Waals surface area contributed by atoms with Gasteiger partial charge in [-0.15, -0.1) is 0 Å². The standard InChI is InChI=1S/C13H24F3NO/c1-12(2,17-9-4-3-5-10-17)11(18)7-6-8-13(14,15)16/h11,18H,3-10H2,1-2H3. The number of halogens is 3. The molecule has 1 unspecified atom stereocenters. The fourth-order valence-electron chi connectivity index (χ4n) is 2.53. The average molecular weight is 267 g/mol. The van der Waals surface area contributed by atoms with Gasteiger partial charge in [0.2, 0.25) is 0 Å². The van der Waals surface area contributed by atoms with Gasteiger partial charge in [0, 0.05) is 12.0 Å². The number of rotatable bonds is 5. The highest BCUT2D eigenvalue weighted by atomic mass is 19.4. The Hall–Kier alpha value is -0.290. The molecule has 2 nitrogen and oxygen atoms in total. The minimum atomic E-state index is -4.12. The molecule has 1 fully saturated rings. The van der Waals surface area contributed by atoms with Crippen molar-refractivity contribution in [1.29, 1.82) is 0 Å². The highest BCUT2D eigenvalue weighted by Gasteiger charge is 2.35. The van der Waals surface area contributed by atoms with Crippen molar-refractivity contribution >= 4 is 0 Å². The van der Waals surface area contributed by atoms with Gasteiger partial charge in [-0.05, 0) is 52.6 Å². The average Bonchev–Trinajstić information content (AvgIpc) is 2.28. The topological polar surface area (TPSA) is 23.5 Å². The second-order valence-corrected chi connectivity index (χ2v) is 5.72. The van der Waals surface area contributed by atoms with Gasteiger partial charge < -0.3 is 5.11 Å². The predicted molar refractivity (Wildman–Crippen MR) is 65.4 cm³/mol. The van der Waals surface area contributed by atoms with Crippen molar-refractivity contribution in [2.75, 3.05) is 13.1 Å². The van der Waals surface area contributed by atoms with Gasteiger partial charge in [0.1, 0.15) is 0 Å². The zero-order valence-electron chi connectivity index (χ0n) is 11.3. The molecular formula is C13H24F3NO. The zero-order valence-corrected chi connectivity index (χ0v) is 11.3. The first-order valence-electron chi connectivity index (χ1n) is 6.73. The summed E-state index contributed by atoms with van der Waals surface area (Å²) in [4.78, 5) is 2.20. The van der Waals surface area contributed by atoms with E-state index in [1.165, 1.54) is 6.42 Å². The Morgan fingerprint density at radius 2 is 1.67 bits per heavy atom. The summed E-state index contributed by atoms with van der Waals surface area (Å²) >= 11 is 0. The van der Waals surface area contributed by atoms with Crippen LogP contribution in [0.2, 0.25) is 0 Å². The summed E-state index contributed by atoms with van der Waals surface area (Å²) in [5.41, 5.74) is -0.425. The summed E-state index contributed by atoms with van der Waals surface area (Å²) in [6, 6.07) is 0. The Labute approximate surface area is 107 Å². The summed E-state index contributed by atoms with van der Waals surface area (Å²) < 4.78 is 36.2. The van der Waals surface area contributed by atoms with Crippen LogP contribution in [0.25, 0.3) is 0 Å². The third-order valence-electron chi connectivity index (χ3n) is 3.92. The van der Waals surface area contributed by atoms with Crippen LogP contribution in [0.1, 0.15) is 52.4 Å². The summed E-state index contributed by atoms with van der Waals surface area (Å²) in [6.07, 6.45) is -1.98. The van der Waals surface area contributed by atoms with Crippen LogP contribution in [0.5, 0.6) is 0 Å². The molecule has 0 aromatic rings. The Balaban J connectivity index is 2.40. The van der Waals surface area contributed by atoms with Crippen LogP contribution in [0.4, 0.5) is 13.2 Å². The summed E-state index contributed by atoms with van der Waals surface area (Å²) in [6.45, 7) is 5.72. The lowest BCUT2D eigenvalue weighted by Crippen LogP contribution is -2.54. The van der Waals surface area contributed by atoms with Crippen molar-refractivity contribution in [2.45, 2.75) is 70.2 Å². The van der Waals surface area contributed by atoms with E-state index in [4.69, 9.17) is 0 Å². The maximum atomic E-state index is 12.1. The molecule has 1 aliphatic heterocycles. The van der Waals surface area contributed by atoms with E-state index in [1.807, 2.05) is 13.8 Å². The van der Waals surface area contributed by atoms with Crippen molar-refractivity contribution in [3.05, 3.63) is 0 Å². The molecule has 0 spiro atoms. The molecule has 1 atom stereocenters. The first kappa shape index (κ1) is 15.8. The molecule has 0 saturated carbocycles. The molecule has 0 aromatic heterocycles. The number of likely N-dealkylation sites (tertiary alicyclic amines) is 1. The van der Waals surface area contributed by atoms with Crippen LogP contribution >= 0.6 is 0 Å². The molecule has 0 aromatic carbocycles. The minimum Gasteiger partial charge on any atom is -0.391 e. The summed E-state index contributed by atoms with van der Waals surface area (Å²) in [5, 5.41) is 10.1. The number of nitrogens with zero attached hydrogens (tertiary/aromatic N) is 1. The van der Waals surface area contributed by atoms with E-state index in [0.29, 0.717) is 0 Å². The number of aliphatic hydroxyl groups excluding tert-OH is 1. The van der Waals surface area contributed by atoms with Gasteiger partial charge in [0.05, 0.1) is 6.10 Å². The molecule has 0 bridgehead atoms. The lowest BCUT2D eigenvalue weighted by atomic mass is 9.89. The van der Waals surface area contributed by atoms with E-state index in [-0.39, 0.29) is 12.8 Å². The number of alkyl halides is 3. The Kier molecular flexibility index (Phi) is 5.46. The van der Waals surface area contributed by atoms with Gasteiger partial charge in [0.15, 0.2) is 0 Å². The van der Waals surface area contributed by atoms with Crippen LogP contribution in [0, 0.1) is 0 Å². The van der Waals surface area contributed by atoms with Gasteiger partial charge in [-0.3, -0.25) is 4.90 Å². The third kappa shape index (κ3) is 4.76. The van der Waals surface area contributed by atoms with E-state index < -0.39 is 24.2 Å². The monoisotopic (exact) mass is 267 g/mol. The first-order valence-corrected chi connectivity index (χ1v) is 6.73. The van der Waals surface area contributed by atoms with Crippen molar-refractivity contribution in [1.82, 2.24) is 4.90 Å². The third-order valence-corrected chi connectivity index (χ3v) is 3.92. The SMILES string of the molecule is CC(C)(C(O)CCCC(F)(F)F)N1CCCCC1. The van der Waals surface area contributed by atoms with E-state index in [9.17, 15) is 18.3 Å². The highest BCUT2D eigenvalue weighted by Crippen LogP contribution is 2.28. The maximum absolute atomic E-state index is 12.1. The molecule has 1 N–H and O–H groups in total. The van der Waals surface area contributed by atoms with Gasteiger partial charge in [-0.25, -0.2) is 0 Å². The van der Waals surface area contributed by atoms with Gasteiger partial charge in [-0.1, -0.05) is 6.42 Å². The van der Waals surface area contributed by atoms with Crippen LogP contribution < -0.4 is 0 Å². The van der Waals surface area contributed by atoms with E-state index >= 15 is 0 Å². The quantitative estimate of drug-likeness (QED) is 0.825. The number of piperidine rings is 1. The fourth-order valence-corrected chi connectivity index (χ4v) is 2.53. The van der Waals surface area contributed by atoms with E-state index in [0.717, 1.165) is 25.9 Å². The highest BCUT2D eigenvalue weighted by molar-refractivity contribution is 4.90. The lowest BCUT2D eigenvalue weighted by Gasteiger charge is -2.44. The lowest BCUT2D eigenvalue weighted by molar-refractivity contribution is -0.137. The Bertz CT molecular complexity index is 247. The molecular weight excluding hydrogens is 243 g/mol. The van der Waals surface area contributed by atoms with Crippen molar-refractivity contribution < 1.29 is 18.3 Å². The molecule has 1 saturated heterocycles. The van der Waals surface area contributed by atoms with Crippen LogP contribution in [0.15, 0.2) is 0 Å². The molecule has 1 aliphatic rings. The molecule has 0 radical (unpaired) electrons. The zero-order chi connectivity index (χ0) is 13.8. The van der Waals surface area contributed by atoms with Gasteiger partial charge >= 0.3 is 6.18 Å². The van der Waals surface area contributed by atoms with Crippen LogP contribution in [-0.4, -0.2) is 40.9 Å². The van der Waals surface area contributed by atoms with Gasteiger partial charge in [0.25, 0.3) is 0 Å². The molecule has 0 amide bonds. The minimum absolute atomic E-state index is 0.00192. The maximum Gasteiger partial charge on any atom is 0.389 e. The number of hydrogen-bond acceptors (Lipinski definition) is 2. The number of hydrogen-bond donors (Lipinski definition) is 1. The largest absolute Gasteiger partial charge is 0.391 e. The summed E-state index contributed by atoms with van der Waals surface area (Å²) in [7, 11) is 0. The Morgan fingerprint density at radius 1 is 1.11 bits per heavy atom. The molecule has 18 heavy (non-hydrogen) atoms. The molecule has 108 valence electrons. The molecule has 0 aliphatic carbocycles. The van der Waals surface area contributed by atoms with Crippen molar-refractivity contribution in [3.63, 3.8) is 0 Å². The van der Waals surface area contributed by atoms with Gasteiger partial charge in [-0.2, -0.15) is 13.2 Å². The Morgan fingerprint density at radius 3 is 2.17 bits per heavy atom. The van der Waals surface area contributed by atoms with Crippen molar-refractivity contribution in [3.8, 4) is 0 Å². The predicted octanol–water partition coefficient (Wildman–Crippen LogP) is 3.34. The molecule has 1 heterocycles.